The highest BCUT2D eigenvalue weighted by Crippen LogP contribution is 2.20. The van der Waals surface area contributed by atoms with Gasteiger partial charge in [-0.3, -0.25) is 9.59 Å². The van der Waals surface area contributed by atoms with Crippen LogP contribution in [0.4, 0.5) is 0 Å². The summed E-state index contributed by atoms with van der Waals surface area (Å²) in [5, 5.41) is 6.01. The number of carbonyl (C=O) groups excluding carboxylic acids is 2. The van der Waals surface area contributed by atoms with Crippen molar-refractivity contribution in [3.8, 4) is 0 Å². The van der Waals surface area contributed by atoms with E-state index in [2.05, 4.69) is 10.6 Å². The second-order valence-electron chi connectivity index (χ2n) is 6.90. The van der Waals surface area contributed by atoms with Gasteiger partial charge < -0.3 is 10.6 Å². The lowest BCUT2D eigenvalue weighted by molar-refractivity contribution is -0.125. The van der Waals surface area contributed by atoms with Crippen molar-refractivity contribution < 1.29 is 9.59 Å². The van der Waals surface area contributed by atoms with Crippen LogP contribution >= 0.6 is 0 Å². The highest BCUT2D eigenvalue weighted by atomic mass is 16.2. The Hall–Kier alpha value is -2.62. The maximum Gasteiger partial charge on any atom is 0.227 e. The van der Waals surface area contributed by atoms with E-state index in [1.165, 1.54) is 0 Å². The van der Waals surface area contributed by atoms with Crippen molar-refractivity contribution in [3.05, 3.63) is 71.8 Å². The van der Waals surface area contributed by atoms with Gasteiger partial charge in [0, 0.05) is 12.6 Å². The summed E-state index contributed by atoms with van der Waals surface area (Å²) in [6, 6.07) is 19.5. The van der Waals surface area contributed by atoms with E-state index in [4.69, 9.17) is 0 Å². The minimum absolute atomic E-state index is 0.0000927. The third-order valence-corrected chi connectivity index (χ3v) is 4.82. The quantitative estimate of drug-likeness (QED) is 0.705. The van der Waals surface area contributed by atoms with Crippen LogP contribution in [0.25, 0.3) is 0 Å². The van der Waals surface area contributed by atoms with Crippen LogP contribution in [-0.2, 0) is 9.59 Å². The number of rotatable bonds is 9. The van der Waals surface area contributed by atoms with Gasteiger partial charge >= 0.3 is 0 Å². The maximum absolute atomic E-state index is 12.6. The largest absolute Gasteiger partial charge is 0.354 e. The third kappa shape index (κ3) is 5.95. The highest BCUT2D eigenvalue weighted by molar-refractivity contribution is 5.85. The first kappa shape index (κ1) is 20.7. The Morgan fingerprint density at radius 3 is 1.67 bits per heavy atom. The van der Waals surface area contributed by atoms with Crippen molar-refractivity contribution in [2.75, 3.05) is 6.54 Å². The van der Waals surface area contributed by atoms with Crippen LogP contribution in [0.1, 0.15) is 56.6 Å². The molecule has 144 valence electrons. The van der Waals surface area contributed by atoms with Crippen LogP contribution in [0.3, 0.4) is 0 Å². The van der Waals surface area contributed by atoms with Crippen molar-refractivity contribution in [1.29, 1.82) is 0 Å². The summed E-state index contributed by atoms with van der Waals surface area (Å²) < 4.78 is 0. The fourth-order valence-electron chi connectivity index (χ4n) is 3.29. The van der Waals surface area contributed by atoms with Crippen molar-refractivity contribution >= 4 is 11.8 Å². The Morgan fingerprint density at radius 2 is 1.22 bits per heavy atom. The van der Waals surface area contributed by atoms with Gasteiger partial charge in [0.1, 0.15) is 0 Å². The molecule has 0 heterocycles. The molecule has 0 aliphatic carbocycles. The zero-order valence-corrected chi connectivity index (χ0v) is 16.4. The summed E-state index contributed by atoms with van der Waals surface area (Å²) >= 11 is 0. The van der Waals surface area contributed by atoms with E-state index >= 15 is 0 Å². The molecule has 2 aromatic carbocycles. The standard InChI is InChI=1S/C23H30N2O2/c1-4-20(18-12-8-6-9-13-18)22(26)24-16-17(3)25-23(27)21(5-2)19-14-10-7-11-15-19/h6-15,17,20-21H,4-5,16H2,1-3H3,(H,24,26)(H,25,27)/t17-,20+,21+/m0/s1. The molecule has 4 heteroatoms. The summed E-state index contributed by atoms with van der Waals surface area (Å²) in [5.74, 6) is -0.334. The summed E-state index contributed by atoms with van der Waals surface area (Å²) in [4.78, 5) is 25.2. The molecule has 2 aromatic rings. The average molecular weight is 367 g/mol. The Bertz CT molecular complexity index is 716. The van der Waals surface area contributed by atoms with Crippen molar-refractivity contribution in [3.63, 3.8) is 0 Å². The van der Waals surface area contributed by atoms with Crippen molar-refractivity contribution in [2.45, 2.75) is 51.5 Å². The van der Waals surface area contributed by atoms with Gasteiger partial charge in [-0.2, -0.15) is 0 Å². The first-order chi connectivity index (χ1) is 13.1. The topological polar surface area (TPSA) is 58.2 Å². The molecule has 0 radical (unpaired) electrons. The van der Waals surface area contributed by atoms with E-state index in [0.717, 1.165) is 24.0 Å². The van der Waals surface area contributed by atoms with Crippen LogP contribution in [-0.4, -0.2) is 24.4 Å². The van der Waals surface area contributed by atoms with E-state index < -0.39 is 0 Å². The lowest BCUT2D eigenvalue weighted by Crippen LogP contribution is -2.44. The summed E-state index contributed by atoms with van der Waals surface area (Å²) in [7, 11) is 0. The number of benzene rings is 2. The fraction of sp³-hybridized carbons (Fsp3) is 0.391. The van der Waals surface area contributed by atoms with Crippen molar-refractivity contribution in [2.24, 2.45) is 0 Å². The predicted octanol–water partition coefficient (Wildman–Crippen LogP) is 3.99. The van der Waals surface area contributed by atoms with Crippen molar-refractivity contribution in [1.82, 2.24) is 10.6 Å². The molecule has 0 bridgehead atoms. The Kier molecular flexibility index (Phi) is 8.05. The Morgan fingerprint density at radius 1 is 0.778 bits per heavy atom. The van der Waals surface area contributed by atoms with Gasteiger partial charge in [0.25, 0.3) is 0 Å². The van der Waals surface area contributed by atoms with E-state index in [1.54, 1.807) is 0 Å². The molecule has 0 fully saturated rings. The van der Waals surface area contributed by atoms with E-state index in [0.29, 0.717) is 6.54 Å². The monoisotopic (exact) mass is 366 g/mol. The van der Waals surface area contributed by atoms with Crippen LogP contribution in [0, 0.1) is 0 Å². The maximum atomic E-state index is 12.6. The molecular formula is C23H30N2O2. The second kappa shape index (κ2) is 10.5. The average Bonchev–Trinajstić information content (AvgIpc) is 2.69. The molecular weight excluding hydrogens is 336 g/mol. The van der Waals surface area contributed by atoms with Crippen LogP contribution in [0.5, 0.6) is 0 Å². The number of hydrogen-bond acceptors (Lipinski definition) is 2. The lowest BCUT2D eigenvalue weighted by Gasteiger charge is -2.21. The predicted molar refractivity (Wildman–Crippen MR) is 110 cm³/mol. The van der Waals surface area contributed by atoms with E-state index in [-0.39, 0.29) is 29.7 Å². The van der Waals surface area contributed by atoms with Gasteiger partial charge in [-0.05, 0) is 30.9 Å². The molecule has 0 aliphatic rings. The molecule has 27 heavy (non-hydrogen) atoms. The third-order valence-electron chi connectivity index (χ3n) is 4.82. The zero-order chi connectivity index (χ0) is 19.6. The first-order valence-electron chi connectivity index (χ1n) is 9.74. The molecule has 0 unspecified atom stereocenters. The summed E-state index contributed by atoms with van der Waals surface area (Å²) in [5.41, 5.74) is 2.04. The van der Waals surface area contributed by atoms with E-state index in [1.807, 2.05) is 81.4 Å². The number of amides is 2. The molecule has 0 spiro atoms. The van der Waals surface area contributed by atoms with Crippen LogP contribution in [0.15, 0.2) is 60.7 Å². The molecule has 3 atom stereocenters. The normalized spacial score (nSPS) is 14.0. The fourth-order valence-corrected chi connectivity index (χ4v) is 3.29. The molecule has 4 nitrogen and oxygen atoms in total. The second-order valence-corrected chi connectivity index (χ2v) is 6.90. The number of carbonyl (C=O) groups is 2. The Labute approximate surface area is 162 Å². The molecule has 0 aliphatic heterocycles. The van der Waals surface area contributed by atoms with Gasteiger partial charge in [0.2, 0.25) is 11.8 Å². The number of hydrogen-bond donors (Lipinski definition) is 2. The highest BCUT2D eigenvalue weighted by Gasteiger charge is 2.22. The smallest absolute Gasteiger partial charge is 0.227 e. The Balaban J connectivity index is 1.88. The molecule has 2 rings (SSSR count). The first-order valence-corrected chi connectivity index (χ1v) is 9.74. The summed E-state index contributed by atoms with van der Waals surface area (Å²) in [6.45, 7) is 6.35. The van der Waals surface area contributed by atoms with Gasteiger partial charge in [-0.25, -0.2) is 0 Å². The minimum atomic E-state index is -0.169. The molecule has 2 N–H and O–H groups in total. The van der Waals surface area contributed by atoms with E-state index in [9.17, 15) is 9.59 Å². The van der Waals surface area contributed by atoms with Gasteiger partial charge in [0.05, 0.1) is 11.8 Å². The van der Waals surface area contributed by atoms with Gasteiger partial charge in [0.15, 0.2) is 0 Å². The minimum Gasteiger partial charge on any atom is -0.354 e. The SMILES string of the molecule is CC[C@@H](C(=O)NC[C@H](C)NC(=O)[C@H](CC)c1ccccc1)c1ccccc1. The number of nitrogens with one attached hydrogen (secondary N) is 2. The zero-order valence-electron chi connectivity index (χ0n) is 16.4. The molecule has 0 saturated carbocycles. The van der Waals surface area contributed by atoms with Crippen LogP contribution in [0.2, 0.25) is 0 Å². The summed E-state index contributed by atoms with van der Waals surface area (Å²) in [6.07, 6.45) is 1.48. The lowest BCUT2D eigenvalue weighted by atomic mass is 9.95. The molecule has 0 aromatic heterocycles. The van der Waals surface area contributed by atoms with Crippen LogP contribution < -0.4 is 10.6 Å². The van der Waals surface area contributed by atoms with Gasteiger partial charge in [-0.1, -0.05) is 74.5 Å². The molecule has 2 amide bonds. The van der Waals surface area contributed by atoms with Gasteiger partial charge in [-0.15, -0.1) is 0 Å². The molecule has 0 saturated heterocycles.